The number of para-hydroxylation sites is 1. The van der Waals surface area contributed by atoms with Gasteiger partial charge in [0, 0.05) is 5.69 Å². The lowest BCUT2D eigenvalue weighted by atomic mass is 10.0. The Morgan fingerprint density at radius 2 is 1.83 bits per heavy atom. The Kier molecular flexibility index (Phi) is 6.35. The third-order valence-corrected chi connectivity index (χ3v) is 3.53. The molecular formula is C18H21FN2OS. The predicted octanol–water partition coefficient (Wildman–Crippen LogP) is 4.31. The van der Waals surface area contributed by atoms with E-state index in [-0.39, 0.29) is 5.82 Å². The fraction of sp³-hybridized carbons (Fsp3) is 0.278. The Hall–Kier alpha value is -2.14. The van der Waals surface area contributed by atoms with E-state index in [4.69, 9.17) is 17.0 Å². The van der Waals surface area contributed by atoms with Crippen molar-refractivity contribution in [3.05, 3.63) is 59.9 Å². The van der Waals surface area contributed by atoms with Gasteiger partial charge in [0.2, 0.25) is 0 Å². The molecule has 122 valence electrons. The highest BCUT2D eigenvalue weighted by Gasteiger charge is 2.06. The van der Waals surface area contributed by atoms with Gasteiger partial charge in [0.05, 0.1) is 6.54 Å². The standard InChI is InChI=1S/C18H21FN2OS/c1-13(2)16-5-3-4-6-17(16)22-12-11-20-18(23)21-15-9-7-14(19)8-10-15/h3-10,13H,11-12H2,1-2H3,(H2,20,21,23). The van der Waals surface area contributed by atoms with E-state index in [1.54, 1.807) is 12.1 Å². The summed E-state index contributed by atoms with van der Waals surface area (Å²) in [6.45, 7) is 5.37. The molecule has 0 aliphatic carbocycles. The maximum absolute atomic E-state index is 12.8. The van der Waals surface area contributed by atoms with Crippen molar-refractivity contribution >= 4 is 23.0 Å². The summed E-state index contributed by atoms with van der Waals surface area (Å²) in [5.74, 6) is 1.05. The molecule has 0 radical (unpaired) electrons. The minimum atomic E-state index is -0.272. The normalized spacial score (nSPS) is 10.4. The molecule has 2 rings (SSSR count). The van der Waals surface area contributed by atoms with Crippen molar-refractivity contribution in [3.63, 3.8) is 0 Å². The lowest BCUT2D eigenvalue weighted by molar-refractivity contribution is 0.318. The highest BCUT2D eigenvalue weighted by molar-refractivity contribution is 7.80. The van der Waals surface area contributed by atoms with Crippen LogP contribution < -0.4 is 15.4 Å². The van der Waals surface area contributed by atoms with E-state index < -0.39 is 0 Å². The van der Waals surface area contributed by atoms with Crippen LogP contribution >= 0.6 is 12.2 Å². The van der Waals surface area contributed by atoms with Gasteiger partial charge in [0.25, 0.3) is 0 Å². The van der Waals surface area contributed by atoms with Crippen LogP contribution in [0.5, 0.6) is 5.75 Å². The summed E-state index contributed by atoms with van der Waals surface area (Å²) < 4.78 is 18.6. The number of thiocarbonyl (C=S) groups is 1. The quantitative estimate of drug-likeness (QED) is 0.610. The van der Waals surface area contributed by atoms with E-state index in [9.17, 15) is 4.39 Å². The first kappa shape index (κ1) is 17.2. The monoisotopic (exact) mass is 332 g/mol. The van der Waals surface area contributed by atoms with Crippen molar-refractivity contribution in [1.29, 1.82) is 0 Å². The average molecular weight is 332 g/mol. The molecule has 0 atom stereocenters. The van der Waals surface area contributed by atoms with Crippen LogP contribution in [0.3, 0.4) is 0 Å². The Morgan fingerprint density at radius 3 is 2.52 bits per heavy atom. The molecule has 0 aliphatic heterocycles. The smallest absolute Gasteiger partial charge is 0.170 e. The number of hydrogen-bond acceptors (Lipinski definition) is 2. The molecule has 0 saturated heterocycles. The van der Waals surface area contributed by atoms with E-state index in [2.05, 4.69) is 30.5 Å². The highest BCUT2D eigenvalue weighted by atomic mass is 32.1. The van der Waals surface area contributed by atoms with Gasteiger partial charge < -0.3 is 15.4 Å². The molecule has 0 amide bonds. The van der Waals surface area contributed by atoms with Gasteiger partial charge in [0.15, 0.2) is 5.11 Å². The molecule has 0 fully saturated rings. The largest absolute Gasteiger partial charge is 0.491 e. The van der Waals surface area contributed by atoms with E-state index in [0.29, 0.717) is 24.2 Å². The van der Waals surface area contributed by atoms with Crippen LogP contribution in [0.15, 0.2) is 48.5 Å². The Morgan fingerprint density at radius 1 is 1.13 bits per heavy atom. The van der Waals surface area contributed by atoms with Crippen LogP contribution in [0.2, 0.25) is 0 Å². The van der Waals surface area contributed by atoms with Crippen LogP contribution in [0.1, 0.15) is 25.3 Å². The summed E-state index contributed by atoms with van der Waals surface area (Å²) >= 11 is 5.19. The van der Waals surface area contributed by atoms with Gasteiger partial charge in [-0.3, -0.25) is 0 Å². The van der Waals surface area contributed by atoms with Gasteiger partial charge in [-0.15, -0.1) is 0 Å². The Balaban J connectivity index is 1.75. The summed E-state index contributed by atoms with van der Waals surface area (Å²) in [7, 11) is 0. The number of rotatable bonds is 6. The number of anilines is 1. The lowest BCUT2D eigenvalue weighted by Crippen LogP contribution is -2.32. The Bertz CT molecular complexity index is 644. The fourth-order valence-electron chi connectivity index (χ4n) is 2.12. The van der Waals surface area contributed by atoms with Gasteiger partial charge in [-0.2, -0.15) is 0 Å². The average Bonchev–Trinajstić information content (AvgIpc) is 2.54. The molecule has 2 aromatic carbocycles. The zero-order valence-corrected chi connectivity index (χ0v) is 14.1. The third kappa shape index (κ3) is 5.53. The molecule has 2 aromatic rings. The van der Waals surface area contributed by atoms with Gasteiger partial charge in [-0.1, -0.05) is 32.0 Å². The van der Waals surface area contributed by atoms with Crippen molar-refractivity contribution in [3.8, 4) is 5.75 Å². The van der Waals surface area contributed by atoms with Crippen LogP contribution in [-0.2, 0) is 0 Å². The van der Waals surface area contributed by atoms with Crippen molar-refractivity contribution in [2.45, 2.75) is 19.8 Å². The number of nitrogens with one attached hydrogen (secondary N) is 2. The number of halogens is 1. The summed E-state index contributed by atoms with van der Waals surface area (Å²) in [5, 5.41) is 6.55. The van der Waals surface area contributed by atoms with E-state index >= 15 is 0 Å². The van der Waals surface area contributed by atoms with Crippen molar-refractivity contribution in [1.82, 2.24) is 5.32 Å². The third-order valence-electron chi connectivity index (χ3n) is 3.29. The molecule has 0 saturated carbocycles. The second kappa shape index (κ2) is 8.48. The summed E-state index contributed by atoms with van der Waals surface area (Å²) in [6.07, 6.45) is 0. The molecule has 0 spiro atoms. The first-order valence-electron chi connectivity index (χ1n) is 7.58. The topological polar surface area (TPSA) is 33.3 Å². The lowest BCUT2D eigenvalue weighted by Gasteiger charge is -2.15. The van der Waals surface area contributed by atoms with E-state index in [1.165, 1.54) is 17.7 Å². The van der Waals surface area contributed by atoms with Gasteiger partial charge in [-0.05, 0) is 54.0 Å². The molecular weight excluding hydrogens is 311 g/mol. The van der Waals surface area contributed by atoms with Gasteiger partial charge in [0.1, 0.15) is 18.2 Å². The van der Waals surface area contributed by atoms with Crippen molar-refractivity contribution < 1.29 is 9.13 Å². The highest BCUT2D eigenvalue weighted by Crippen LogP contribution is 2.25. The molecule has 0 aliphatic rings. The molecule has 3 nitrogen and oxygen atoms in total. The van der Waals surface area contributed by atoms with Gasteiger partial charge >= 0.3 is 0 Å². The van der Waals surface area contributed by atoms with Crippen molar-refractivity contribution in [2.24, 2.45) is 0 Å². The molecule has 0 unspecified atom stereocenters. The second-order valence-electron chi connectivity index (χ2n) is 5.43. The van der Waals surface area contributed by atoms with Crippen LogP contribution in [0.4, 0.5) is 10.1 Å². The van der Waals surface area contributed by atoms with Crippen LogP contribution in [0, 0.1) is 5.82 Å². The number of hydrogen-bond donors (Lipinski definition) is 2. The van der Waals surface area contributed by atoms with E-state index in [0.717, 1.165) is 11.4 Å². The maximum Gasteiger partial charge on any atom is 0.170 e. The zero-order chi connectivity index (χ0) is 16.7. The first-order chi connectivity index (χ1) is 11.1. The molecule has 0 bridgehead atoms. The fourth-order valence-corrected chi connectivity index (χ4v) is 2.34. The number of benzene rings is 2. The van der Waals surface area contributed by atoms with Crippen LogP contribution in [-0.4, -0.2) is 18.3 Å². The zero-order valence-electron chi connectivity index (χ0n) is 13.3. The Labute approximate surface area is 141 Å². The molecule has 0 heterocycles. The molecule has 2 N–H and O–H groups in total. The summed E-state index contributed by atoms with van der Waals surface area (Å²) in [4.78, 5) is 0. The molecule has 5 heteroatoms. The minimum Gasteiger partial charge on any atom is -0.491 e. The number of ether oxygens (including phenoxy) is 1. The minimum absolute atomic E-state index is 0.272. The first-order valence-corrected chi connectivity index (χ1v) is 7.99. The molecule has 23 heavy (non-hydrogen) atoms. The van der Waals surface area contributed by atoms with Crippen LogP contribution in [0.25, 0.3) is 0 Å². The van der Waals surface area contributed by atoms with E-state index in [1.807, 2.05) is 18.2 Å². The maximum atomic E-state index is 12.8. The molecule has 0 aromatic heterocycles. The second-order valence-corrected chi connectivity index (χ2v) is 5.84. The van der Waals surface area contributed by atoms with Crippen molar-refractivity contribution in [2.75, 3.05) is 18.5 Å². The summed E-state index contributed by atoms with van der Waals surface area (Å²) in [5.41, 5.74) is 1.94. The summed E-state index contributed by atoms with van der Waals surface area (Å²) in [6, 6.07) is 14.1. The predicted molar refractivity (Wildman–Crippen MR) is 96.6 cm³/mol. The van der Waals surface area contributed by atoms with Gasteiger partial charge in [-0.25, -0.2) is 4.39 Å². The SMILES string of the molecule is CC(C)c1ccccc1OCCNC(=S)Nc1ccc(F)cc1.